The van der Waals surface area contributed by atoms with Crippen LogP contribution in [0.1, 0.15) is 11.4 Å². The van der Waals surface area contributed by atoms with Crippen molar-refractivity contribution in [2.45, 2.75) is 13.8 Å². The molecule has 15 heavy (non-hydrogen) atoms. The fourth-order valence-electron chi connectivity index (χ4n) is 1.39. The Balaban J connectivity index is 2.54. The van der Waals surface area contributed by atoms with Crippen LogP contribution in [0.15, 0.2) is 24.4 Å². The minimum atomic E-state index is 0.277. The number of pyridine rings is 1. The third-order valence-electron chi connectivity index (χ3n) is 2.02. The second-order valence-corrected chi connectivity index (χ2v) is 3.69. The summed E-state index contributed by atoms with van der Waals surface area (Å²) in [7, 11) is 0. The zero-order valence-electron chi connectivity index (χ0n) is 8.53. The maximum absolute atomic E-state index is 5.80. The van der Waals surface area contributed by atoms with Crippen molar-refractivity contribution in [3.63, 3.8) is 0 Å². The Morgan fingerprint density at radius 2 is 1.87 bits per heavy atom. The Labute approximate surface area is 93.2 Å². The highest BCUT2D eigenvalue weighted by atomic mass is 35.5. The summed E-state index contributed by atoms with van der Waals surface area (Å²) in [4.78, 5) is 12.3. The number of rotatable bonds is 1. The van der Waals surface area contributed by atoms with Crippen LogP contribution >= 0.6 is 11.6 Å². The molecule has 4 heteroatoms. The van der Waals surface area contributed by atoms with Crippen LogP contribution in [0.3, 0.4) is 0 Å². The summed E-state index contributed by atoms with van der Waals surface area (Å²) in [5, 5.41) is 0.277. The third-order valence-corrected chi connectivity index (χ3v) is 2.19. The van der Waals surface area contributed by atoms with Gasteiger partial charge in [-0.05, 0) is 43.6 Å². The Morgan fingerprint density at radius 3 is 2.53 bits per heavy atom. The Bertz CT molecular complexity index is 477. The molecule has 3 nitrogen and oxygen atoms in total. The minimum Gasteiger partial charge on any atom is -0.262 e. The summed E-state index contributed by atoms with van der Waals surface area (Å²) < 4.78 is 0. The van der Waals surface area contributed by atoms with E-state index in [9.17, 15) is 0 Å². The minimum absolute atomic E-state index is 0.277. The van der Waals surface area contributed by atoms with E-state index in [4.69, 9.17) is 11.6 Å². The van der Waals surface area contributed by atoms with Gasteiger partial charge in [0.25, 0.3) is 0 Å². The van der Waals surface area contributed by atoms with Gasteiger partial charge in [0, 0.05) is 23.1 Å². The van der Waals surface area contributed by atoms with Crippen LogP contribution in [0.4, 0.5) is 0 Å². The molecule has 0 spiro atoms. The molecule has 0 N–H and O–H groups in total. The molecule has 0 aliphatic heterocycles. The Kier molecular flexibility index (Phi) is 2.64. The smallest absolute Gasteiger partial charge is 0.223 e. The quantitative estimate of drug-likeness (QED) is 0.693. The van der Waals surface area contributed by atoms with Crippen LogP contribution in [-0.2, 0) is 0 Å². The lowest BCUT2D eigenvalue weighted by Gasteiger charge is -2.02. The highest BCUT2D eigenvalue weighted by molar-refractivity contribution is 6.28. The molecule has 76 valence electrons. The highest BCUT2D eigenvalue weighted by Gasteiger charge is 2.03. The normalized spacial score (nSPS) is 10.3. The second kappa shape index (κ2) is 3.95. The molecule has 0 saturated carbocycles. The SMILES string of the molecule is Cc1cc(-c2cc(C)nc(Cl)n2)ccn1. The monoisotopic (exact) mass is 219 g/mol. The van der Waals surface area contributed by atoms with Crippen LogP contribution in [-0.4, -0.2) is 15.0 Å². The summed E-state index contributed by atoms with van der Waals surface area (Å²) >= 11 is 5.80. The lowest BCUT2D eigenvalue weighted by atomic mass is 10.1. The molecule has 0 atom stereocenters. The van der Waals surface area contributed by atoms with E-state index in [1.807, 2.05) is 32.0 Å². The lowest BCUT2D eigenvalue weighted by molar-refractivity contribution is 1.10. The lowest BCUT2D eigenvalue weighted by Crippen LogP contribution is -1.91. The van der Waals surface area contributed by atoms with E-state index in [1.54, 1.807) is 6.20 Å². The van der Waals surface area contributed by atoms with Crippen molar-refractivity contribution in [3.05, 3.63) is 41.1 Å². The van der Waals surface area contributed by atoms with Gasteiger partial charge < -0.3 is 0 Å². The first kappa shape index (κ1) is 10.1. The predicted octanol–water partition coefficient (Wildman–Crippen LogP) is 2.81. The second-order valence-electron chi connectivity index (χ2n) is 3.35. The van der Waals surface area contributed by atoms with Gasteiger partial charge in [-0.3, -0.25) is 4.98 Å². The van der Waals surface area contributed by atoms with Crippen molar-refractivity contribution in [1.29, 1.82) is 0 Å². The first-order valence-corrected chi connectivity index (χ1v) is 4.97. The van der Waals surface area contributed by atoms with E-state index in [2.05, 4.69) is 15.0 Å². The van der Waals surface area contributed by atoms with Crippen LogP contribution < -0.4 is 0 Å². The van der Waals surface area contributed by atoms with E-state index in [1.165, 1.54) is 0 Å². The molecular formula is C11H10ClN3. The average Bonchev–Trinajstić information content (AvgIpc) is 2.16. The molecule has 0 saturated heterocycles. The number of hydrogen-bond donors (Lipinski definition) is 0. The number of nitrogens with zero attached hydrogens (tertiary/aromatic N) is 3. The van der Waals surface area contributed by atoms with Gasteiger partial charge in [-0.15, -0.1) is 0 Å². The number of aryl methyl sites for hydroxylation is 2. The van der Waals surface area contributed by atoms with E-state index in [-0.39, 0.29) is 5.28 Å². The van der Waals surface area contributed by atoms with Gasteiger partial charge in [0.05, 0.1) is 5.69 Å². The van der Waals surface area contributed by atoms with Gasteiger partial charge >= 0.3 is 0 Å². The third kappa shape index (κ3) is 2.30. The molecule has 2 rings (SSSR count). The van der Waals surface area contributed by atoms with Crippen molar-refractivity contribution in [2.24, 2.45) is 0 Å². The van der Waals surface area contributed by atoms with Crippen LogP contribution in [0.25, 0.3) is 11.3 Å². The van der Waals surface area contributed by atoms with Crippen LogP contribution in [0.2, 0.25) is 5.28 Å². The van der Waals surface area contributed by atoms with Gasteiger partial charge in [-0.1, -0.05) is 0 Å². The maximum Gasteiger partial charge on any atom is 0.223 e. The van der Waals surface area contributed by atoms with E-state index in [0.717, 1.165) is 22.6 Å². The zero-order chi connectivity index (χ0) is 10.8. The fourth-order valence-corrected chi connectivity index (χ4v) is 1.61. The molecule has 0 amide bonds. The molecule has 2 heterocycles. The summed E-state index contributed by atoms with van der Waals surface area (Å²) in [5.74, 6) is 0. The van der Waals surface area contributed by atoms with Crippen molar-refractivity contribution in [1.82, 2.24) is 15.0 Å². The summed E-state index contributed by atoms with van der Waals surface area (Å²) in [6.45, 7) is 3.84. The number of hydrogen-bond acceptors (Lipinski definition) is 3. The molecule has 2 aromatic rings. The molecular weight excluding hydrogens is 210 g/mol. The Morgan fingerprint density at radius 1 is 1.07 bits per heavy atom. The van der Waals surface area contributed by atoms with Gasteiger partial charge in [-0.25, -0.2) is 9.97 Å². The van der Waals surface area contributed by atoms with Crippen LogP contribution in [0.5, 0.6) is 0 Å². The maximum atomic E-state index is 5.80. The molecule has 0 radical (unpaired) electrons. The average molecular weight is 220 g/mol. The highest BCUT2D eigenvalue weighted by Crippen LogP contribution is 2.19. The summed E-state index contributed by atoms with van der Waals surface area (Å²) in [5.41, 5.74) is 3.66. The molecule has 0 aromatic carbocycles. The first-order valence-electron chi connectivity index (χ1n) is 4.59. The van der Waals surface area contributed by atoms with E-state index >= 15 is 0 Å². The summed E-state index contributed by atoms with van der Waals surface area (Å²) in [6, 6.07) is 5.78. The van der Waals surface area contributed by atoms with Crippen molar-refractivity contribution >= 4 is 11.6 Å². The first-order chi connectivity index (χ1) is 7.15. The molecule has 0 bridgehead atoms. The topological polar surface area (TPSA) is 38.7 Å². The van der Waals surface area contributed by atoms with Gasteiger partial charge in [-0.2, -0.15) is 0 Å². The van der Waals surface area contributed by atoms with Crippen LogP contribution in [0, 0.1) is 13.8 Å². The largest absolute Gasteiger partial charge is 0.262 e. The molecule has 0 unspecified atom stereocenters. The molecule has 0 fully saturated rings. The zero-order valence-corrected chi connectivity index (χ0v) is 9.28. The predicted molar refractivity (Wildman–Crippen MR) is 59.7 cm³/mol. The van der Waals surface area contributed by atoms with Crippen molar-refractivity contribution in [2.75, 3.05) is 0 Å². The molecule has 2 aromatic heterocycles. The van der Waals surface area contributed by atoms with Gasteiger partial charge in [0.15, 0.2) is 0 Å². The van der Waals surface area contributed by atoms with E-state index < -0.39 is 0 Å². The summed E-state index contributed by atoms with van der Waals surface area (Å²) in [6.07, 6.45) is 1.76. The fraction of sp³-hybridized carbons (Fsp3) is 0.182. The Hall–Kier alpha value is -1.48. The van der Waals surface area contributed by atoms with Gasteiger partial charge in [0.1, 0.15) is 0 Å². The van der Waals surface area contributed by atoms with Crippen molar-refractivity contribution in [3.8, 4) is 11.3 Å². The van der Waals surface area contributed by atoms with Crippen molar-refractivity contribution < 1.29 is 0 Å². The van der Waals surface area contributed by atoms with E-state index in [0.29, 0.717) is 0 Å². The molecule has 0 aliphatic rings. The van der Waals surface area contributed by atoms with Gasteiger partial charge in [0.2, 0.25) is 5.28 Å². The number of halogens is 1. The standard InChI is InChI=1S/C11H10ClN3/c1-7-5-9(3-4-13-7)10-6-8(2)14-11(12)15-10/h3-6H,1-2H3. The number of aromatic nitrogens is 3. The molecule has 0 aliphatic carbocycles.